The van der Waals surface area contributed by atoms with E-state index in [0.717, 1.165) is 16.5 Å². The maximum absolute atomic E-state index is 11.5. The number of benzene rings is 2. The molecule has 3 nitrogen and oxygen atoms in total. The summed E-state index contributed by atoms with van der Waals surface area (Å²) in [6, 6.07) is 16.6. The van der Waals surface area contributed by atoms with Crippen LogP contribution in [0.15, 0.2) is 70.4 Å². The smallest absolute Gasteiger partial charge is 0.339 e. The Hall–Kier alpha value is -2.81. The lowest BCUT2D eigenvalue weighted by Crippen LogP contribution is -2.02. The lowest BCUT2D eigenvalue weighted by atomic mass is 10.1. The van der Waals surface area contributed by atoms with Crippen LogP contribution < -0.4 is 10.4 Å². The van der Waals surface area contributed by atoms with Crippen molar-refractivity contribution in [3.8, 4) is 5.75 Å². The van der Waals surface area contributed by atoms with Crippen molar-refractivity contribution in [1.82, 2.24) is 0 Å². The van der Waals surface area contributed by atoms with E-state index in [0.29, 0.717) is 17.9 Å². The minimum atomic E-state index is -0.411. The molecule has 0 aliphatic heterocycles. The Bertz CT molecular complexity index is 829. The Balaban J connectivity index is 1.87. The second-order valence-electron chi connectivity index (χ2n) is 4.66. The largest absolute Gasteiger partial charge is 0.488 e. The maximum atomic E-state index is 11.5. The average molecular weight is 278 g/mol. The zero-order valence-electron chi connectivity index (χ0n) is 11.4. The minimum absolute atomic E-state index is 0.394. The maximum Gasteiger partial charge on any atom is 0.339 e. The molecule has 0 N–H and O–H groups in total. The van der Waals surface area contributed by atoms with Crippen LogP contribution in [-0.4, -0.2) is 0 Å². The zero-order chi connectivity index (χ0) is 14.7. The van der Waals surface area contributed by atoms with E-state index in [9.17, 15) is 4.79 Å². The van der Waals surface area contributed by atoms with Crippen LogP contribution in [0.2, 0.25) is 0 Å². The average Bonchev–Trinajstić information content (AvgIpc) is 2.53. The van der Waals surface area contributed by atoms with E-state index in [4.69, 9.17) is 9.15 Å². The van der Waals surface area contributed by atoms with Crippen molar-refractivity contribution in [3.63, 3.8) is 0 Å². The summed E-state index contributed by atoms with van der Waals surface area (Å²) in [5.41, 5.74) is 2.20. The Morgan fingerprint density at radius 3 is 2.62 bits per heavy atom. The summed E-state index contributed by atoms with van der Waals surface area (Å²) in [4.78, 5) is 11.5. The van der Waals surface area contributed by atoms with Crippen LogP contribution in [0, 0.1) is 0 Å². The second kappa shape index (κ2) is 5.67. The molecular weight excluding hydrogens is 264 g/mol. The Kier molecular flexibility index (Phi) is 3.56. The quantitative estimate of drug-likeness (QED) is 0.677. The molecule has 0 spiro atoms. The first-order chi connectivity index (χ1) is 10.3. The van der Waals surface area contributed by atoms with Gasteiger partial charge in [-0.1, -0.05) is 49.1 Å². The van der Waals surface area contributed by atoms with E-state index >= 15 is 0 Å². The number of fused-ring (bicyclic) bond motifs is 1. The van der Waals surface area contributed by atoms with Crippen molar-refractivity contribution in [2.45, 2.75) is 6.61 Å². The van der Waals surface area contributed by atoms with Gasteiger partial charge in [0.15, 0.2) is 0 Å². The van der Waals surface area contributed by atoms with E-state index in [-0.39, 0.29) is 0 Å². The summed E-state index contributed by atoms with van der Waals surface area (Å²) < 4.78 is 10.9. The molecule has 0 atom stereocenters. The van der Waals surface area contributed by atoms with E-state index < -0.39 is 5.63 Å². The SMILES string of the molecule is C=Cc1ccc(COc2cc(=O)oc3ccccc23)cc1. The fourth-order valence-corrected chi connectivity index (χ4v) is 2.11. The summed E-state index contributed by atoms with van der Waals surface area (Å²) in [6.07, 6.45) is 1.79. The first-order valence-electron chi connectivity index (χ1n) is 6.63. The number of hydrogen-bond donors (Lipinski definition) is 0. The molecule has 104 valence electrons. The number of rotatable bonds is 4. The molecule has 21 heavy (non-hydrogen) atoms. The molecule has 2 aromatic carbocycles. The molecule has 3 aromatic rings. The predicted octanol–water partition coefficient (Wildman–Crippen LogP) is 4.02. The highest BCUT2D eigenvalue weighted by Crippen LogP contribution is 2.24. The van der Waals surface area contributed by atoms with Gasteiger partial charge in [-0.25, -0.2) is 4.79 Å². The van der Waals surface area contributed by atoms with Crippen LogP contribution >= 0.6 is 0 Å². The third-order valence-electron chi connectivity index (χ3n) is 3.22. The van der Waals surface area contributed by atoms with Crippen molar-refractivity contribution >= 4 is 17.0 Å². The second-order valence-corrected chi connectivity index (χ2v) is 4.66. The Morgan fingerprint density at radius 1 is 1.10 bits per heavy atom. The summed E-state index contributed by atoms with van der Waals surface area (Å²) in [6.45, 7) is 4.12. The third-order valence-corrected chi connectivity index (χ3v) is 3.22. The molecule has 0 fully saturated rings. The lowest BCUT2D eigenvalue weighted by molar-refractivity contribution is 0.307. The lowest BCUT2D eigenvalue weighted by Gasteiger charge is -2.08. The minimum Gasteiger partial charge on any atom is -0.488 e. The molecule has 1 aromatic heterocycles. The topological polar surface area (TPSA) is 39.4 Å². The summed E-state index contributed by atoms with van der Waals surface area (Å²) in [5.74, 6) is 0.537. The Labute approximate surface area is 122 Å². The van der Waals surface area contributed by atoms with Crippen molar-refractivity contribution in [1.29, 1.82) is 0 Å². The standard InChI is InChI=1S/C18H14O3/c1-2-13-7-9-14(10-8-13)12-20-17-11-18(19)21-16-6-4-3-5-15(16)17/h2-11H,1,12H2. The van der Waals surface area contributed by atoms with Gasteiger partial charge in [-0.15, -0.1) is 0 Å². The Morgan fingerprint density at radius 2 is 1.86 bits per heavy atom. The van der Waals surface area contributed by atoms with Crippen molar-refractivity contribution < 1.29 is 9.15 Å². The molecule has 0 amide bonds. The summed E-state index contributed by atoms with van der Waals surface area (Å²) in [7, 11) is 0. The molecule has 0 radical (unpaired) electrons. The van der Waals surface area contributed by atoms with Gasteiger partial charge in [-0.2, -0.15) is 0 Å². The van der Waals surface area contributed by atoms with Gasteiger partial charge in [0.1, 0.15) is 17.9 Å². The van der Waals surface area contributed by atoms with Crippen LogP contribution in [-0.2, 0) is 6.61 Å². The van der Waals surface area contributed by atoms with Crippen molar-refractivity contribution in [3.05, 3.63) is 82.7 Å². The van der Waals surface area contributed by atoms with E-state index in [1.54, 1.807) is 12.1 Å². The van der Waals surface area contributed by atoms with Gasteiger partial charge in [0.25, 0.3) is 0 Å². The summed E-state index contributed by atoms with van der Waals surface area (Å²) in [5, 5.41) is 0.791. The predicted molar refractivity (Wildman–Crippen MR) is 83.3 cm³/mol. The number of hydrogen-bond acceptors (Lipinski definition) is 3. The van der Waals surface area contributed by atoms with Gasteiger partial charge >= 0.3 is 5.63 Å². The molecule has 0 saturated heterocycles. The van der Waals surface area contributed by atoms with Crippen LogP contribution in [0.3, 0.4) is 0 Å². The normalized spacial score (nSPS) is 10.5. The number of para-hydroxylation sites is 1. The first-order valence-corrected chi connectivity index (χ1v) is 6.63. The van der Waals surface area contributed by atoms with Gasteiger partial charge < -0.3 is 9.15 Å². The molecule has 1 heterocycles. The molecule has 3 heteroatoms. The van der Waals surface area contributed by atoms with Gasteiger partial charge in [0, 0.05) is 0 Å². The van der Waals surface area contributed by atoms with Crippen molar-refractivity contribution in [2.75, 3.05) is 0 Å². The molecular formula is C18H14O3. The molecule has 0 saturated carbocycles. The molecule has 0 aliphatic carbocycles. The van der Waals surface area contributed by atoms with E-state index in [2.05, 4.69) is 6.58 Å². The summed E-state index contributed by atoms with van der Waals surface area (Å²) >= 11 is 0. The highest BCUT2D eigenvalue weighted by Gasteiger charge is 2.06. The van der Waals surface area contributed by atoms with Crippen LogP contribution in [0.4, 0.5) is 0 Å². The van der Waals surface area contributed by atoms with Gasteiger partial charge in [0.2, 0.25) is 0 Å². The van der Waals surface area contributed by atoms with Crippen molar-refractivity contribution in [2.24, 2.45) is 0 Å². The van der Waals surface area contributed by atoms with Crippen LogP contribution in [0.1, 0.15) is 11.1 Å². The van der Waals surface area contributed by atoms with E-state index in [1.165, 1.54) is 6.07 Å². The zero-order valence-corrected chi connectivity index (χ0v) is 11.4. The fourth-order valence-electron chi connectivity index (χ4n) is 2.11. The van der Waals surface area contributed by atoms with Gasteiger partial charge in [-0.3, -0.25) is 0 Å². The molecule has 3 rings (SSSR count). The van der Waals surface area contributed by atoms with Gasteiger partial charge in [-0.05, 0) is 23.3 Å². The monoisotopic (exact) mass is 278 g/mol. The highest BCUT2D eigenvalue weighted by atomic mass is 16.5. The molecule has 0 aliphatic rings. The molecule has 0 unspecified atom stereocenters. The third kappa shape index (κ3) is 2.87. The van der Waals surface area contributed by atoms with Crippen LogP contribution in [0.25, 0.3) is 17.0 Å². The van der Waals surface area contributed by atoms with Gasteiger partial charge in [0.05, 0.1) is 11.5 Å². The highest BCUT2D eigenvalue weighted by molar-refractivity contribution is 5.82. The number of ether oxygens (including phenoxy) is 1. The van der Waals surface area contributed by atoms with Crippen LogP contribution in [0.5, 0.6) is 5.75 Å². The first kappa shape index (κ1) is 13.2. The molecule has 0 bridgehead atoms. The van der Waals surface area contributed by atoms with E-state index in [1.807, 2.05) is 42.5 Å². The fraction of sp³-hybridized carbons (Fsp3) is 0.0556.